The van der Waals surface area contributed by atoms with Crippen molar-refractivity contribution in [2.45, 2.75) is 59.5 Å². The number of rotatable bonds is 10. The van der Waals surface area contributed by atoms with Crippen molar-refractivity contribution in [3.05, 3.63) is 65.2 Å². The molecule has 5 heteroatoms. The van der Waals surface area contributed by atoms with Gasteiger partial charge in [-0.25, -0.2) is 0 Å². The molecule has 0 fully saturated rings. The van der Waals surface area contributed by atoms with Gasteiger partial charge in [-0.2, -0.15) is 0 Å². The molecule has 0 saturated carbocycles. The van der Waals surface area contributed by atoms with E-state index in [0.29, 0.717) is 25.1 Å². The Balaban J connectivity index is 2.14. The molecule has 0 spiro atoms. The molecule has 0 radical (unpaired) electrons. The van der Waals surface area contributed by atoms with E-state index in [9.17, 15) is 9.59 Å². The summed E-state index contributed by atoms with van der Waals surface area (Å²) in [4.78, 5) is 27.6. The molecule has 0 aliphatic heterocycles. The molecular formula is C25H34N2O3. The molecule has 0 unspecified atom stereocenters. The summed E-state index contributed by atoms with van der Waals surface area (Å²) >= 11 is 0. The number of hydrogen-bond acceptors (Lipinski definition) is 3. The number of nitrogens with one attached hydrogen (secondary N) is 1. The fourth-order valence-corrected chi connectivity index (χ4v) is 3.46. The minimum atomic E-state index is -0.522. The first-order chi connectivity index (χ1) is 14.3. The van der Waals surface area contributed by atoms with Crippen molar-refractivity contribution in [1.29, 1.82) is 0 Å². The molecule has 30 heavy (non-hydrogen) atoms. The lowest BCUT2D eigenvalue weighted by molar-refractivity contribution is -0.142. The number of nitrogens with zero attached hydrogens (tertiary/aromatic N) is 1. The minimum Gasteiger partial charge on any atom is -0.483 e. The van der Waals surface area contributed by atoms with Crippen LogP contribution in [0.2, 0.25) is 0 Å². The molecule has 2 amide bonds. The second-order valence-electron chi connectivity index (χ2n) is 7.97. The van der Waals surface area contributed by atoms with Gasteiger partial charge in [-0.1, -0.05) is 55.0 Å². The van der Waals surface area contributed by atoms with E-state index in [2.05, 4.69) is 5.32 Å². The summed E-state index contributed by atoms with van der Waals surface area (Å²) in [5.74, 6) is 0.383. The van der Waals surface area contributed by atoms with Gasteiger partial charge >= 0.3 is 0 Å². The van der Waals surface area contributed by atoms with Crippen molar-refractivity contribution < 1.29 is 14.3 Å². The van der Waals surface area contributed by atoms with Crippen LogP contribution in [-0.2, 0) is 16.0 Å². The van der Waals surface area contributed by atoms with Crippen molar-refractivity contribution in [3.63, 3.8) is 0 Å². The molecule has 1 N–H and O–H groups in total. The van der Waals surface area contributed by atoms with Gasteiger partial charge < -0.3 is 15.0 Å². The van der Waals surface area contributed by atoms with Gasteiger partial charge in [0.15, 0.2) is 6.61 Å². The number of amides is 2. The average molecular weight is 411 g/mol. The highest BCUT2D eigenvalue weighted by molar-refractivity contribution is 5.88. The van der Waals surface area contributed by atoms with Gasteiger partial charge in [0, 0.05) is 12.6 Å². The fourth-order valence-electron chi connectivity index (χ4n) is 3.46. The van der Waals surface area contributed by atoms with Gasteiger partial charge in [0.1, 0.15) is 11.8 Å². The lowest BCUT2D eigenvalue weighted by atomic mass is 10.1. The molecule has 2 aromatic rings. The molecular weight excluding hydrogens is 376 g/mol. The predicted molar refractivity (Wildman–Crippen MR) is 121 cm³/mol. The van der Waals surface area contributed by atoms with E-state index in [1.807, 2.05) is 83.1 Å². The summed E-state index contributed by atoms with van der Waals surface area (Å²) in [6.45, 7) is 10.1. The molecule has 0 saturated heterocycles. The van der Waals surface area contributed by atoms with E-state index in [1.165, 1.54) is 0 Å². The summed E-state index contributed by atoms with van der Waals surface area (Å²) in [7, 11) is 0. The number of carbonyl (C=O) groups excluding carboxylic acids is 2. The zero-order chi connectivity index (χ0) is 22.1. The Morgan fingerprint density at radius 1 is 1.07 bits per heavy atom. The number of benzene rings is 2. The zero-order valence-corrected chi connectivity index (χ0v) is 18.8. The van der Waals surface area contributed by atoms with E-state index in [-0.39, 0.29) is 24.5 Å². The maximum atomic E-state index is 13.1. The van der Waals surface area contributed by atoms with Crippen LogP contribution >= 0.6 is 0 Å². The Hall–Kier alpha value is -2.82. The van der Waals surface area contributed by atoms with Crippen LogP contribution in [0.25, 0.3) is 0 Å². The first-order valence-corrected chi connectivity index (χ1v) is 10.7. The monoisotopic (exact) mass is 410 g/mol. The van der Waals surface area contributed by atoms with Crippen LogP contribution in [0.1, 0.15) is 43.9 Å². The van der Waals surface area contributed by atoms with Crippen molar-refractivity contribution >= 4 is 11.8 Å². The lowest BCUT2D eigenvalue weighted by Gasteiger charge is -2.31. The Kier molecular flexibility index (Phi) is 8.90. The summed E-state index contributed by atoms with van der Waals surface area (Å²) in [5, 5.41) is 2.94. The van der Waals surface area contributed by atoms with Crippen LogP contribution in [0.3, 0.4) is 0 Å². The van der Waals surface area contributed by atoms with Crippen LogP contribution in [0.15, 0.2) is 48.5 Å². The number of aryl methyl sites for hydroxylation is 2. The predicted octanol–water partition coefficient (Wildman–Crippen LogP) is 4.06. The van der Waals surface area contributed by atoms with E-state index >= 15 is 0 Å². The molecule has 5 nitrogen and oxygen atoms in total. The van der Waals surface area contributed by atoms with Crippen molar-refractivity contribution in [3.8, 4) is 5.75 Å². The minimum absolute atomic E-state index is 0.0177. The Bertz CT molecular complexity index is 834. The summed E-state index contributed by atoms with van der Waals surface area (Å²) in [5.41, 5.74) is 3.26. The molecule has 2 aromatic carbocycles. The third-order valence-corrected chi connectivity index (χ3v) is 4.98. The van der Waals surface area contributed by atoms with Gasteiger partial charge in [-0.05, 0) is 57.7 Å². The zero-order valence-electron chi connectivity index (χ0n) is 18.8. The van der Waals surface area contributed by atoms with E-state index < -0.39 is 6.04 Å². The van der Waals surface area contributed by atoms with Gasteiger partial charge in [-0.15, -0.1) is 0 Å². The third-order valence-electron chi connectivity index (χ3n) is 4.98. The molecule has 0 aliphatic rings. The summed E-state index contributed by atoms with van der Waals surface area (Å²) in [6.07, 6.45) is 1.23. The molecule has 162 valence electrons. The highest BCUT2D eigenvalue weighted by atomic mass is 16.5. The van der Waals surface area contributed by atoms with E-state index in [4.69, 9.17) is 4.74 Å². The SMILES string of the molecule is CC[C@H](C(=O)NC(C)C)N(CCc1ccccc1)C(=O)COc1ccc(C)cc1C. The number of hydrogen-bond donors (Lipinski definition) is 1. The topological polar surface area (TPSA) is 58.6 Å². The van der Waals surface area contributed by atoms with Crippen LogP contribution < -0.4 is 10.1 Å². The molecule has 0 aromatic heterocycles. The lowest BCUT2D eigenvalue weighted by Crippen LogP contribution is -2.52. The van der Waals surface area contributed by atoms with E-state index in [0.717, 1.165) is 16.7 Å². The first kappa shape index (κ1) is 23.5. The van der Waals surface area contributed by atoms with Crippen LogP contribution in [-0.4, -0.2) is 41.9 Å². The van der Waals surface area contributed by atoms with E-state index in [1.54, 1.807) is 4.90 Å². The van der Waals surface area contributed by atoms with Crippen LogP contribution in [0, 0.1) is 13.8 Å². The maximum Gasteiger partial charge on any atom is 0.261 e. The summed E-state index contributed by atoms with van der Waals surface area (Å²) < 4.78 is 5.82. The molecule has 1 atom stereocenters. The standard InChI is InChI=1S/C25H34N2O3/c1-6-22(25(29)26-18(2)3)27(15-14-21-10-8-7-9-11-21)24(28)17-30-23-13-12-19(4)16-20(23)5/h7-13,16,18,22H,6,14-15,17H2,1-5H3,(H,26,29)/t22-/m1/s1. The Labute approximate surface area is 180 Å². The third kappa shape index (κ3) is 6.90. The molecule has 0 heterocycles. The number of ether oxygens (including phenoxy) is 1. The van der Waals surface area contributed by atoms with Crippen LogP contribution in [0.5, 0.6) is 5.75 Å². The van der Waals surface area contributed by atoms with Crippen LogP contribution in [0.4, 0.5) is 0 Å². The second-order valence-corrected chi connectivity index (χ2v) is 7.97. The first-order valence-electron chi connectivity index (χ1n) is 10.7. The fraction of sp³-hybridized carbons (Fsp3) is 0.440. The van der Waals surface area contributed by atoms with Crippen molar-refractivity contribution in [1.82, 2.24) is 10.2 Å². The highest BCUT2D eigenvalue weighted by Crippen LogP contribution is 2.19. The number of carbonyl (C=O) groups is 2. The largest absolute Gasteiger partial charge is 0.483 e. The van der Waals surface area contributed by atoms with Gasteiger partial charge in [0.05, 0.1) is 0 Å². The van der Waals surface area contributed by atoms with Gasteiger partial charge in [0.2, 0.25) is 5.91 Å². The Morgan fingerprint density at radius 3 is 2.37 bits per heavy atom. The molecule has 2 rings (SSSR count). The van der Waals surface area contributed by atoms with Crippen molar-refractivity contribution in [2.24, 2.45) is 0 Å². The van der Waals surface area contributed by atoms with Crippen molar-refractivity contribution in [2.75, 3.05) is 13.2 Å². The second kappa shape index (κ2) is 11.4. The summed E-state index contributed by atoms with van der Waals surface area (Å²) in [6, 6.07) is 15.4. The van der Waals surface area contributed by atoms with Gasteiger partial charge in [-0.3, -0.25) is 9.59 Å². The quantitative estimate of drug-likeness (QED) is 0.643. The average Bonchev–Trinajstić information content (AvgIpc) is 2.70. The maximum absolute atomic E-state index is 13.1. The molecule has 0 bridgehead atoms. The highest BCUT2D eigenvalue weighted by Gasteiger charge is 2.28. The Morgan fingerprint density at radius 2 is 1.77 bits per heavy atom. The van der Waals surface area contributed by atoms with Gasteiger partial charge in [0.25, 0.3) is 5.91 Å². The smallest absolute Gasteiger partial charge is 0.261 e. The normalized spacial score (nSPS) is 11.8. The molecule has 0 aliphatic carbocycles.